The number of hydrogen-bond acceptors (Lipinski definition) is 5. The molecule has 9 heteroatoms. The van der Waals surface area contributed by atoms with Crippen molar-refractivity contribution in [3.05, 3.63) is 59.4 Å². The summed E-state index contributed by atoms with van der Waals surface area (Å²) >= 11 is 0. The quantitative estimate of drug-likeness (QED) is 0.530. The van der Waals surface area contributed by atoms with Crippen LogP contribution in [0.1, 0.15) is 30.9 Å². The molecular weight excluding hydrogens is 433 g/mol. The molecule has 4 rings (SSSR count). The predicted octanol–water partition coefficient (Wildman–Crippen LogP) is 3.65. The number of carbonyl (C=O) groups is 1. The number of carbonyl (C=O) groups excluding carboxylic acids is 1. The molecule has 0 bridgehead atoms. The highest BCUT2D eigenvalue weighted by Crippen LogP contribution is 2.23. The molecule has 1 aliphatic heterocycles. The van der Waals surface area contributed by atoms with Gasteiger partial charge in [0.15, 0.2) is 5.82 Å². The van der Waals surface area contributed by atoms with E-state index < -0.39 is 0 Å². The van der Waals surface area contributed by atoms with E-state index in [1.165, 1.54) is 6.07 Å². The highest BCUT2D eigenvalue weighted by molar-refractivity contribution is 5.90. The van der Waals surface area contributed by atoms with Crippen LogP contribution in [0.2, 0.25) is 0 Å². The fourth-order valence-corrected chi connectivity index (χ4v) is 4.48. The maximum atomic E-state index is 13.9. The summed E-state index contributed by atoms with van der Waals surface area (Å²) in [5.74, 6) is 0.888. The Morgan fingerprint density at radius 1 is 1.24 bits per heavy atom. The van der Waals surface area contributed by atoms with E-state index in [1.807, 2.05) is 30.3 Å². The van der Waals surface area contributed by atoms with E-state index in [2.05, 4.69) is 38.0 Å². The van der Waals surface area contributed by atoms with Crippen molar-refractivity contribution in [1.82, 2.24) is 30.4 Å². The molecule has 2 heterocycles. The lowest BCUT2D eigenvalue weighted by Gasteiger charge is -2.32. The molecule has 0 unspecified atom stereocenters. The topological polar surface area (TPSA) is 88.0 Å². The van der Waals surface area contributed by atoms with Gasteiger partial charge in [-0.15, -0.1) is 5.10 Å². The van der Waals surface area contributed by atoms with Crippen LogP contribution in [0.3, 0.4) is 0 Å². The third-order valence-corrected chi connectivity index (χ3v) is 6.35. The lowest BCUT2D eigenvalue weighted by atomic mass is 9.97. The zero-order valence-corrected chi connectivity index (χ0v) is 19.8. The molecule has 1 atom stereocenters. The molecule has 2 N–H and O–H groups in total. The molecule has 8 nitrogen and oxygen atoms in total. The van der Waals surface area contributed by atoms with Crippen molar-refractivity contribution in [3.63, 3.8) is 0 Å². The van der Waals surface area contributed by atoms with E-state index in [4.69, 9.17) is 0 Å². The molecule has 2 amide bonds. The first kappa shape index (κ1) is 23.8. The number of aryl methyl sites for hydroxylation is 2. The van der Waals surface area contributed by atoms with Gasteiger partial charge in [0.2, 0.25) is 0 Å². The van der Waals surface area contributed by atoms with Crippen LogP contribution >= 0.6 is 0 Å². The van der Waals surface area contributed by atoms with E-state index in [-0.39, 0.29) is 11.8 Å². The molecule has 1 aromatic heterocycles. The summed E-state index contributed by atoms with van der Waals surface area (Å²) in [5, 5.41) is 17.7. The number of urea groups is 1. The summed E-state index contributed by atoms with van der Waals surface area (Å²) < 4.78 is 15.5. The van der Waals surface area contributed by atoms with Crippen LogP contribution < -0.4 is 10.6 Å². The van der Waals surface area contributed by atoms with Gasteiger partial charge in [0.1, 0.15) is 5.82 Å². The molecule has 180 valence electrons. The van der Waals surface area contributed by atoms with Crippen molar-refractivity contribution in [2.75, 3.05) is 31.5 Å². The normalized spacial score (nSPS) is 16.4. The van der Waals surface area contributed by atoms with Gasteiger partial charge in [-0.05, 0) is 84.0 Å². The van der Waals surface area contributed by atoms with Gasteiger partial charge >= 0.3 is 6.03 Å². The number of rotatable bonds is 8. The van der Waals surface area contributed by atoms with Crippen molar-refractivity contribution < 1.29 is 9.18 Å². The van der Waals surface area contributed by atoms with Crippen molar-refractivity contribution in [3.8, 4) is 11.4 Å². The van der Waals surface area contributed by atoms with Crippen LogP contribution in [-0.2, 0) is 19.9 Å². The van der Waals surface area contributed by atoms with Gasteiger partial charge in [-0.3, -0.25) is 0 Å². The van der Waals surface area contributed by atoms with Gasteiger partial charge in [-0.1, -0.05) is 25.1 Å². The van der Waals surface area contributed by atoms with Crippen LogP contribution in [0.25, 0.3) is 11.4 Å². The van der Waals surface area contributed by atoms with E-state index in [9.17, 15) is 9.18 Å². The molecule has 1 aliphatic rings. The highest BCUT2D eigenvalue weighted by atomic mass is 19.1. The number of aromatic nitrogens is 4. The molecular formula is C25H32FN7O. The van der Waals surface area contributed by atoms with Crippen molar-refractivity contribution in [1.29, 1.82) is 0 Å². The number of hydrogen-bond donors (Lipinski definition) is 2. The number of likely N-dealkylation sites (tertiary alicyclic amines) is 1. The molecule has 2 aromatic carbocycles. The fraction of sp³-hybridized carbons (Fsp3) is 0.440. The van der Waals surface area contributed by atoms with E-state index in [0.717, 1.165) is 55.6 Å². The Morgan fingerprint density at radius 2 is 2.09 bits per heavy atom. The van der Waals surface area contributed by atoms with Crippen LogP contribution in [0.5, 0.6) is 0 Å². The van der Waals surface area contributed by atoms with Gasteiger partial charge in [0.05, 0.1) is 0 Å². The first-order chi connectivity index (χ1) is 16.5. The number of halogens is 1. The highest BCUT2D eigenvalue weighted by Gasteiger charge is 2.20. The Labute approximate surface area is 199 Å². The summed E-state index contributed by atoms with van der Waals surface area (Å²) in [4.78, 5) is 15.0. The van der Waals surface area contributed by atoms with Gasteiger partial charge < -0.3 is 15.5 Å². The standard InChI is InChI=1S/C25H32FN7O/c1-3-18-13-21(24-29-30-31-32(24)2)15-22(14-18)28-25(34)27-16-19-7-6-11-33(17-19)12-10-20-8-4-5-9-23(20)26/h4-5,8-9,13-15,19H,3,6-7,10-12,16-17H2,1-2H3,(H2,27,28,34)/t19-/m0/s1. The average molecular weight is 466 g/mol. The van der Waals surface area contributed by atoms with Crippen LogP contribution in [0.15, 0.2) is 42.5 Å². The minimum atomic E-state index is -0.223. The van der Waals surface area contributed by atoms with Crippen LogP contribution in [-0.4, -0.2) is 57.3 Å². The predicted molar refractivity (Wildman–Crippen MR) is 130 cm³/mol. The van der Waals surface area contributed by atoms with E-state index in [0.29, 0.717) is 30.4 Å². The lowest BCUT2D eigenvalue weighted by Crippen LogP contribution is -2.42. The van der Waals surface area contributed by atoms with E-state index >= 15 is 0 Å². The zero-order chi connectivity index (χ0) is 23.9. The number of amides is 2. The summed E-state index contributed by atoms with van der Waals surface area (Å²) in [7, 11) is 1.79. The summed E-state index contributed by atoms with van der Waals surface area (Å²) in [6, 6.07) is 12.6. The number of nitrogens with zero attached hydrogens (tertiary/aromatic N) is 5. The Balaban J connectivity index is 1.29. The van der Waals surface area contributed by atoms with Crippen molar-refractivity contribution in [2.45, 2.75) is 32.6 Å². The minimum Gasteiger partial charge on any atom is -0.338 e. The summed E-state index contributed by atoms with van der Waals surface area (Å²) in [6.45, 7) is 5.42. The van der Waals surface area contributed by atoms with Crippen LogP contribution in [0, 0.1) is 11.7 Å². The Kier molecular flexibility index (Phi) is 7.84. The number of benzene rings is 2. The van der Waals surface area contributed by atoms with Gasteiger partial charge in [0.25, 0.3) is 0 Å². The molecule has 0 saturated carbocycles. The fourth-order valence-electron chi connectivity index (χ4n) is 4.48. The van der Waals surface area contributed by atoms with E-state index in [1.54, 1.807) is 17.8 Å². The second kappa shape index (κ2) is 11.2. The number of piperidine rings is 1. The third kappa shape index (κ3) is 6.17. The molecule has 34 heavy (non-hydrogen) atoms. The first-order valence-electron chi connectivity index (χ1n) is 11.9. The minimum absolute atomic E-state index is 0.139. The Morgan fingerprint density at radius 3 is 2.85 bits per heavy atom. The first-order valence-corrected chi connectivity index (χ1v) is 11.9. The Hall–Kier alpha value is -3.33. The number of nitrogens with one attached hydrogen (secondary N) is 2. The average Bonchev–Trinajstić information content (AvgIpc) is 3.28. The van der Waals surface area contributed by atoms with Gasteiger partial charge in [-0.25, -0.2) is 13.9 Å². The molecule has 1 saturated heterocycles. The largest absolute Gasteiger partial charge is 0.338 e. The van der Waals surface area contributed by atoms with Crippen molar-refractivity contribution >= 4 is 11.7 Å². The van der Waals surface area contributed by atoms with Gasteiger partial charge in [0, 0.05) is 37.9 Å². The second-order valence-electron chi connectivity index (χ2n) is 8.88. The molecule has 0 aliphatic carbocycles. The maximum Gasteiger partial charge on any atom is 0.319 e. The summed E-state index contributed by atoms with van der Waals surface area (Å²) in [5.41, 5.74) is 3.42. The SMILES string of the molecule is CCc1cc(NC(=O)NC[C@@H]2CCCN(CCc3ccccc3F)C2)cc(-c2nnnn2C)c1. The molecule has 1 fully saturated rings. The molecule has 0 radical (unpaired) electrons. The zero-order valence-electron chi connectivity index (χ0n) is 19.8. The second-order valence-corrected chi connectivity index (χ2v) is 8.88. The maximum absolute atomic E-state index is 13.9. The van der Waals surface area contributed by atoms with Crippen molar-refractivity contribution in [2.24, 2.45) is 13.0 Å². The van der Waals surface area contributed by atoms with Gasteiger partial charge in [-0.2, -0.15) is 0 Å². The number of tetrazole rings is 1. The monoisotopic (exact) mass is 465 g/mol. The Bertz CT molecular complexity index is 1120. The van der Waals surface area contributed by atoms with Crippen LogP contribution in [0.4, 0.5) is 14.9 Å². The molecule has 0 spiro atoms. The third-order valence-electron chi connectivity index (χ3n) is 6.35. The smallest absolute Gasteiger partial charge is 0.319 e. The lowest BCUT2D eigenvalue weighted by molar-refractivity contribution is 0.174. The number of anilines is 1. The summed E-state index contributed by atoms with van der Waals surface area (Å²) in [6.07, 6.45) is 3.69. The molecule has 3 aromatic rings.